The van der Waals surface area contributed by atoms with Crippen LogP contribution in [0.5, 0.6) is 0 Å². The number of methoxy groups -OCH3 is 1. The summed E-state index contributed by atoms with van der Waals surface area (Å²) in [5.74, 6) is -0.0865. The van der Waals surface area contributed by atoms with E-state index >= 15 is 0 Å². The molecule has 29 heavy (non-hydrogen) atoms. The first-order chi connectivity index (χ1) is 13.8. The lowest BCUT2D eigenvalue weighted by Gasteiger charge is -2.30. The summed E-state index contributed by atoms with van der Waals surface area (Å²) in [6.45, 7) is 4.84. The number of nitrogens with zero attached hydrogens (tertiary/aromatic N) is 3. The fourth-order valence-electron chi connectivity index (χ4n) is 4.32. The Labute approximate surface area is 171 Å². The summed E-state index contributed by atoms with van der Waals surface area (Å²) in [7, 11) is 1.59. The number of likely N-dealkylation sites (tertiary alicyclic amines) is 1. The Hall–Kier alpha value is -1.84. The zero-order valence-electron chi connectivity index (χ0n) is 17.6. The number of aliphatic hydroxyl groups excluding tert-OH is 1. The van der Waals surface area contributed by atoms with E-state index in [1.54, 1.807) is 12.0 Å². The summed E-state index contributed by atoms with van der Waals surface area (Å²) in [5.41, 5.74) is -0.875. The third-order valence-corrected chi connectivity index (χ3v) is 6.08. The topological polar surface area (TPSA) is 118 Å². The summed E-state index contributed by atoms with van der Waals surface area (Å²) in [6, 6.07) is -0.575. The lowest BCUT2D eigenvalue weighted by atomic mass is 9.95. The average molecular weight is 408 g/mol. The van der Waals surface area contributed by atoms with Gasteiger partial charge in [-0.05, 0) is 39.5 Å². The maximum absolute atomic E-state index is 13.0. The molecule has 3 rings (SSSR count). The van der Waals surface area contributed by atoms with Crippen LogP contribution in [0.25, 0.3) is 0 Å². The highest BCUT2D eigenvalue weighted by Crippen LogP contribution is 2.29. The quantitative estimate of drug-likeness (QED) is 0.583. The summed E-state index contributed by atoms with van der Waals surface area (Å²) >= 11 is 0. The van der Waals surface area contributed by atoms with Crippen LogP contribution in [-0.2, 0) is 14.9 Å². The summed E-state index contributed by atoms with van der Waals surface area (Å²) < 4.78 is 10.5. The number of amides is 1. The molecule has 1 atom stereocenters. The number of carbonyl (C=O) groups is 2. The van der Waals surface area contributed by atoms with E-state index in [2.05, 4.69) is 15.5 Å². The first-order valence-corrected chi connectivity index (χ1v) is 10.3. The Morgan fingerprint density at radius 1 is 1.34 bits per heavy atom. The molecule has 9 nitrogen and oxygen atoms in total. The number of aliphatic hydroxyl groups is 1. The molecule has 0 bridgehead atoms. The van der Waals surface area contributed by atoms with Crippen LogP contribution in [0.15, 0.2) is 4.52 Å². The molecule has 1 amide bonds. The van der Waals surface area contributed by atoms with Gasteiger partial charge < -0.3 is 24.6 Å². The van der Waals surface area contributed by atoms with Crippen LogP contribution in [-0.4, -0.2) is 76.8 Å². The minimum absolute atomic E-state index is 0.00413. The molecule has 2 aliphatic rings. The number of ether oxygens (including phenoxy) is 1. The van der Waals surface area contributed by atoms with Crippen LogP contribution < -0.4 is 5.32 Å². The van der Waals surface area contributed by atoms with E-state index in [1.165, 1.54) is 0 Å². The normalized spacial score (nSPS) is 21.7. The molecule has 0 spiro atoms. The minimum atomic E-state index is -0.575. The first-order valence-electron chi connectivity index (χ1n) is 10.3. The van der Waals surface area contributed by atoms with Gasteiger partial charge >= 0.3 is 0 Å². The third-order valence-electron chi connectivity index (χ3n) is 6.08. The second kappa shape index (κ2) is 8.89. The standard InChI is InChI=1S/C20H32N4O5/c1-19(2,13-28-3)18-22-17(23-29-18)16(27)14-7-6-10-24(14)15(26)11-21-20(12-25)8-4-5-9-20/h14,21,25H,4-13H2,1-3H3. The fraction of sp³-hybridized carbons (Fsp3) is 0.800. The number of carbonyl (C=O) groups excluding carboxylic acids is 2. The van der Waals surface area contributed by atoms with Gasteiger partial charge in [-0.25, -0.2) is 0 Å². The van der Waals surface area contributed by atoms with E-state index in [9.17, 15) is 14.7 Å². The second-order valence-electron chi connectivity index (χ2n) is 8.85. The number of Topliss-reactive ketones (excluding diaryl/α,β-unsaturated/α-hetero) is 1. The van der Waals surface area contributed by atoms with Crippen molar-refractivity contribution in [2.45, 2.75) is 69.4 Å². The third kappa shape index (κ3) is 4.67. The Bertz CT molecular complexity index is 726. The predicted molar refractivity (Wildman–Crippen MR) is 105 cm³/mol. The van der Waals surface area contributed by atoms with Gasteiger partial charge in [0.1, 0.15) is 0 Å². The highest BCUT2D eigenvalue weighted by Gasteiger charge is 2.39. The van der Waals surface area contributed by atoms with Crippen molar-refractivity contribution in [3.8, 4) is 0 Å². The van der Waals surface area contributed by atoms with E-state index in [4.69, 9.17) is 9.26 Å². The van der Waals surface area contributed by atoms with Gasteiger partial charge in [0.2, 0.25) is 23.4 Å². The van der Waals surface area contributed by atoms with Gasteiger partial charge in [-0.1, -0.05) is 18.0 Å². The number of hydrogen-bond acceptors (Lipinski definition) is 8. The predicted octanol–water partition coefficient (Wildman–Crippen LogP) is 1.06. The van der Waals surface area contributed by atoms with Gasteiger partial charge in [-0.3, -0.25) is 9.59 Å². The first kappa shape index (κ1) is 21.9. The highest BCUT2D eigenvalue weighted by molar-refractivity contribution is 5.99. The van der Waals surface area contributed by atoms with Gasteiger partial charge in [0.05, 0.1) is 31.2 Å². The molecule has 0 radical (unpaired) electrons. The molecule has 9 heteroatoms. The second-order valence-corrected chi connectivity index (χ2v) is 8.85. The number of aromatic nitrogens is 2. The van der Waals surface area contributed by atoms with Gasteiger partial charge in [-0.15, -0.1) is 0 Å². The van der Waals surface area contributed by atoms with Crippen LogP contribution in [0.4, 0.5) is 0 Å². The summed E-state index contributed by atoms with van der Waals surface area (Å²) in [4.78, 5) is 31.7. The Kier molecular flexibility index (Phi) is 6.70. The smallest absolute Gasteiger partial charge is 0.240 e. The molecule has 1 saturated heterocycles. The van der Waals surface area contributed by atoms with Crippen LogP contribution in [0.2, 0.25) is 0 Å². The van der Waals surface area contributed by atoms with Crippen molar-refractivity contribution in [2.75, 3.05) is 33.4 Å². The van der Waals surface area contributed by atoms with Crippen molar-refractivity contribution in [1.82, 2.24) is 20.4 Å². The molecule has 1 aliphatic heterocycles. The van der Waals surface area contributed by atoms with Crippen LogP contribution in [0, 0.1) is 0 Å². The molecule has 1 aliphatic carbocycles. The zero-order chi connectivity index (χ0) is 21.1. The largest absolute Gasteiger partial charge is 0.394 e. The maximum atomic E-state index is 13.0. The van der Waals surface area contributed by atoms with E-state index < -0.39 is 11.5 Å². The molecular weight excluding hydrogens is 376 g/mol. The maximum Gasteiger partial charge on any atom is 0.240 e. The Balaban J connectivity index is 1.65. The van der Waals surface area contributed by atoms with Crippen molar-refractivity contribution in [1.29, 1.82) is 0 Å². The lowest BCUT2D eigenvalue weighted by molar-refractivity contribution is -0.130. The molecule has 1 saturated carbocycles. The number of nitrogens with one attached hydrogen (secondary N) is 1. The van der Waals surface area contributed by atoms with Crippen LogP contribution in [0.1, 0.15) is 68.9 Å². The Morgan fingerprint density at radius 2 is 2.07 bits per heavy atom. The molecule has 1 aromatic heterocycles. The molecule has 0 aromatic carbocycles. The van der Waals surface area contributed by atoms with E-state index in [0.29, 0.717) is 25.5 Å². The number of rotatable bonds is 9. The SMILES string of the molecule is COCC(C)(C)c1nc(C(=O)C2CCCN2C(=O)CNC2(CO)CCCC2)no1. The molecule has 1 aromatic rings. The number of ketones is 1. The van der Waals surface area contributed by atoms with E-state index in [0.717, 1.165) is 32.1 Å². The molecule has 1 unspecified atom stereocenters. The Morgan fingerprint density at radius 3 is 2.72 bits per heavy atom. The van der Waals surface area contributed by atoms with Gasteiger partial charge in [0.15, 0.2) is 0 Å². The van der Waals surface area contributed by atoms with Crippen molar-refractivity contribution >= 4 is 11.7 Å². The van der Waals surface area contributed by atoms with Crippen molar-refractivity contribution in [3.63, 3.8) is 0 Å². The molecular formula is C20H32N4O5. The van der Waals surface area contributed by atoms with Crippen molar-refractivity contribution < 1.29 is 24.0 Å². The number of hydrogen-bond donors (Lipinski definition) is 2. The minimum Gasteiger partial charge on any atom is -0.394 e. The fourth-order valence-corrected chi connectivity index (χ4v) is 4.32. The molecule has 2 N–H and O–H groups in total. The molecule has 162 valence electrons. The van der Waals surface area contributed by atoms with Gasteiger partial charge in [0, 0.05) is 19.2 Å². The average Bonchev–Trinajstić information content (AvgIpc) is 3.46. The summed E-state index contributed by atoms with van der Waals surface area (Å²) in [5, 5.41) is 16.8. The van der Waals surface area contributed by atoms with Crippen LogP contribution in [0.3, 0.4) is 0 Å². The van der Waals surface area contributed by atoms with E-state index in [1.807, 2.05) is 13.8 Å². The molecule has 2 heterocycles. The highest BCUT2D eigenvalue weighted by atomic mass is 16.5. The lowest BCUT2D eigenvalue weighted by Crippen LogP contribution is -2.52. The van der Waals surface area contributed by atoms with E-state index in [-0.39, 0.29) is 36.2 Å². The van der Waals surface area contributed by atoms with Crippen molar-refractivity contribution in [2.24, 2.45) is 0 Å². The van der Waals surface area contributed by atoms with Gasteiger partial charge in [0.25, 0.3) is 0 Å². The van der Waals surface area contributed by atoms with Crippen molar-refractivity contribution in [3.05, 3.63) is 11.7 Å². The van der Waals surface area contributed by atoms with Gasteiger partial charge in [-0.2, -0.15) is 4.98 Å². The monoisotopic (exact) mass is 408 g/mol. The zero-order valence-corrected chi connectivity index (χ0v) is 17.6. The van der Waals surface area contributed by atoms with Crippen LogP contribution >= 0.6 is 0 Å². The summed E-state index contributed by atoms with van der Waals surface area (Å²) in [6.07, 6.45) is 5.16. The molecule has 2 fully saturated rings.